The number of amides is 1. The third-order valence-electron chi connectivity index (χ3n) is 5.62. The van der Waals surface area contributed by atoms with E-state index in [9.17, 15) is 14.4 Å². The van der Waals surface area contributed by atoms with Crippen LogP contribution in [-0.4, -0.2) is 44.5 Å². The number of likely N-dealkylation sites (tertiary alicyclic amines) is 1. The SMILES string of the molecule is O=C(O)C1CC12CCN(C(=O)CCn1cnc3sccc3c1=O)CC2. The van der Waals surface area contributed by atoms with Gasteiger partial charge in [-0.3, -0.25) is 19.0 Å². The number of aromatic nitrogens is 2. The predicted octanol–water partition coefficient (Wildman–Crippen LogP) is 1.56. The molecule has 1 aliphatic carbocycles. The van der Waals surface area contributed by atoms with Crippen molar-refractivity contribution in [3.63, 3.8) is 0 Å². The van der Waals surface area contributed by atoms with Crippen LogP contribution >= 0.6 is 11.3 Å². The van der Waals surface area contributed by atoms with E-state index in [1.807, 2.05) is 5.38 Å². The second-order valence-electron chi connectivity index (χ2n) is 6.97. The summed E-state index contributed by atoms with van der Waals surface area (Å²) in [6.45, 7) is 1.54. The molecule has 4 rings (SSSR count). The minimum Gasteiger partial charge on any atom is -0.481 e. The fourth-order valence-corrected chi connectivity index (χ4v) is 4.60. The highest BCUT2D eigenvalue weighted by Crippen LogP contribution is 2.59. The van der Waals surface area contributed by atoms with Gasteiger partial charge in [0, 0.05) is 26.1 Å². The van der Waals surface area contributed by atoms with Crippen LogP contribution in [0, 0.1) is 11.3 Å². The number of nitrogens with zero attached hydrogens (tertiary/aromatic N) is 3. The Morgan fingerprint density at radius 3 is 2.80 bits per heavy atom. The summed E-state index contributed by atoms with van der Waals surface area (Å²) in [4.78, 5) is 42.6. The molecule has 1 amide bonds. The highest BCUT2D eigenvalue weighted by atomic mass is 32.1. The van der Waals surface area contributed by atoms with E-state index in [4.69, 9.17) is 5.11 Å². The molecule has 0 radical (unpaired) electrons. The number of carbonyl (C=O) groups is 2. The zero-order valence-electron chi connectivity index (χ0n) is 13.7. The van der Waals surface area contributed by atoms with Crippen LogP contribution in [0.3, 0.4) is 0 Å². The van der Waals surface area contributed by atoms with Crippen LogP contribution in [0.5, 0.6) is 0 Å². The van der Waals surface area contributed by atoms with Crippen molar-refractivity contribution >= 4 is 33.4 Å². The van der Waals surface area contributed by atoms with E-state index in [0.717, 1.165) is 19.3 Å². The number of carboxylic acids is 1. The van der Waals surface area contributed by atoms with Crippen LogP contribution < -0.4 is 5.56 Å². The summed E-state index contributed by atoms with van der Waals surface area (Å²) < 4.78 is 1.49. The molecular formula is C17H19N3O4S. The topological polar surface area (TPSA) is 92.5 Å². The summed E-state index contributed by atoms with van der Waals surface area (Å²) in [5.41, 5.74) is -0.188. The standard InChI is InChI=1S/C17H19N3O4S/c21-13(19-6-3-17(4-7-19)9-12(17)16(23)24)1-5-20-10-18-14-11(15(20)22)2-8-25-14/h2,8,10,12H,1,3-7,9H2,(H,23,24). The van der Waals surface area contributed by atoms with Gasteiger partial charge in [-0.05, 0) is 36.1 Å². The Bertz CT molecular complexity index is 895. The van der Waals surface area contributed by atoms with Crippen LogP contribution in [-0.2, 0) is 16.1 Å². The van der Waals surface area contributed by atoms with Crippen molar-refractivity contribution in [1.29, 1.82) is 0 Å². The normalized spacial score (nSPS) is 21.6. The van der Waals surface area contributed by atoms with Crippen molar-refractivity contribution in [3.05, 3.63) is 28.1 Å². The number of fused-ring (bicyclic) bond motifs is 1. The Kier molecular flexibility index (Phi) is 3.87. The number of aliphatic carboxylic acids is 1. The zero-order chi connectivity index (χ0) is 17.6. The molecule has 8 heteroatoms. The Morgan fingerprint density at radius 1 is 1.36 bits per heavy atom. The number of piperidine rings is 1. The van der Waals surface area contributed by atoms with Gasteiger partial charge in [0.15, 0.2) is 0 Å². The van der Waals surface area contributed by atoms with Crippen molar-refractivity contribution in [2.24, 2.45) is 11.3 Å². The van der Waals surface area contributed by atoms with E-state index in [2.05, 4.69) is 4.98 Å². The van der Waals surface area contributed by atoms with Crippen LogP contribution in [0.4, 0.5) is 0 Å². The first-order valence-electron chi connectivity index (χ1n) is 8.43. The number of aryl methyl sites for hydroxylation is 1. The smallest absolute Gasteiger partial charge is 0.307 e. The molecular weight excluding hydrogens is 342 g/mol. The van der Waals surface area contributed by atoms with Crippen LogP contribution in [0.1, 0.15) is 25.7 Å². The number of carbonyl (C=O) groups excluding carboxylic acids is 1. The molecule has 3 heterocycles. The number of thiophene rings is 1. The lowest BCUT2D eigenvalue weighted by atomic mass is 9.90. The van der Waals surface area contributed by atoms with E-state index in [1.165, 1.54) is 22.2 Å². The van der Waals surface area contributed by atoms with Crippen molar-refractivity contribution in [2.45, 2.75) is 32.2 Å². The number of carboxylic acid groups (broad SMARTS) is 1. The third kappa shape index (κ3) is 2.84. The number of hydrogen-bond donors (Lipinski definition) is 1. The summed E-state index contributed by atoms with van der Waals surface area (Å²) in [5.74, 6) is -0.929. The molecule has 1 N–H and O–H groups in total. The molecule has 1 saturated carbocycles. The maximum Gasteiger partial charge on any atom is 0.307 e. The second-order valence-corrected chi connectivity index (χ2v) is 7.87. The second kappa shape index (κ2) is 5.94. The molecule has 1 saturated heterocycles. The van der Waals surface area contributed by atoms with Gasteiger partial charge in [0.1, 0.15) is 4.83 Å². The summed E-state index contributed by atoms with van der Waals surface area (Å²) in [5, 5.41) is 11.5. The molecule has 1 atom stereocenters. The van der Waals surface area contributed by atoms with E-state index in [0.29, 0.717) is 29.9 Å². The molecule has 2 aliphatic rings. The van der Waals surface area contributed by atoms with Crippen molar-refractivity contribution < 1.29 is 14.7 Å². The Balaban J connectivity index is 1.34. The van der Waals surface area contributed by atoms with Gasteiger partial charge in [0.2, 0.25) is 5.91 Å². The first kappa shape index (κ1) is 16.3. The van der Waals surface area contributed by atoms with Crippen molar-refractivity contribution in [1.82, 2.24) is 14.5 Å². The fourth-order valence-electron chi connectivity index (χ4n) is 3.88. The molecule has 132 valence electrons. The molecule has 1 unspecified atom stereocenters. The monoisotopic (exact) mass is 361 g/mol. The van der Waals surface area contributed by atoms with Gasteiger partial charge >= 0.3 is 5.97 Å². The van der Waals surface area contributed by atoms with Crippen LogP contribution in [0.25, 0.3) is 10.2 Å². The van der Waals surface area contributed by atoms with Gasteiger partial charge < -0.3 is 10.0 Å². The van der Waals surface area contributed by atoms with E-state index >= 15 is 0 Å². The van der Waals surface area contributed by atoms with Gasteiger partial charge in [-0.15, -0.1) is 11.3 Å². The molecule has 25 heavy (non-hydrogen) atoms. The molecule has 7 nitrogen and oxygen atoms in total. The first-order valence-corrected chi connectivity index (χ1v) is 9.31. The summed E-state index contributed by atoms with van der Waals surface area (Å²) in [7, 11) is 0. The lowest BCUT2D eigenvalue weighted by Gasteiger charge is -2.32. The Morgan fingerprint density at radius 2 is 2.12 bits per heavy atom. The molecule has 1 spiro atoms. The quantitative estimate of drug-likeness (QED) is 0.892. The highest BCUT2D eigenvalue weighted by Gasteiger charge is 2.59. The van der Waals surface area contributed by atoms with Gasteiger partial charge in [0.25, 0.3) is 5.56 Å². The molecule has 2 aromatic rings. The van der Waals surface area contributed by atoms with Gasteiger partial charge in [0.05, 0.1) is 17.6 Å². The minimum atomic E-state index is -0.713. The average molecular weight is 361 g/mol. The van der Waals surface area contributed by atoms with Crippen LogP contribution in [0.15, 0.2) is 22.6 Å². The fraction of sp³-hybridized carbons (Fsp3) is 0.529. The van der Waals surface area contributed by atoms with Gasteiger partial charge in [-0.1, -0.05) is 0 Å². The van der Waals surface area contributed by atoms with E-state index < -0.39 is 5.97 Å². The highest BCUT2D eigenvalue weighted by molar-refractivity contribution is 7.16. The predicted molar refractivity (Wildman–Crippen MR) is 92.5 cm³/mol. The lowest BCUT2D eigenvalue weighted by Crippen LogP contribution is -2.40. The summed E-state index contributed by atoms with van der Waals surface area (Å²) in [6, 6.07) is 1.76. The molecule has 2 aromatic heterocycles. The molecule has 2 fully saturated rings. The number of rotatable bonds is 4. The van der Waals surface area contributed by atoms with Gasteiger partial charge in [-0.25, -0.2) is 4.98 Å². The third-order valence-corrected chi connectivity index (χ3v) is 6.44. The molecule has 0 aromatic carbocycles. The Labute approximate surface area is 147 Å². The largest absolute Gasteiger partial charge is 0.481 e. The summed E-state index contributed by atoms with van der Waals surface area (Å²) in [6.07, 6.45) is 4.02. The lowest BCUT2D eigenvalue weighted by molar-refractivity contribution is -0.139. The van der Waals surface area contributed by atoms with E-state index in [-0.39, 0.29) is 29.2 Å². The minimum absolute atomic E-state index is 0.0136. The summed E-state index contributed by atoms with van der Waals surface area (Å²) >= 11 is 1.42. The van der Waals surface area contributed by atoms with Crippen molar-refractivity contribution in [3.8, 4) is 0 Å². The maximum atomic E-state index is 12.4. The first-order chi connectivity index (χ1) is 12.0. The molecule has 1 aliphatic heterocycles. The Hall–Kier alpha value is -2.22. The maximum absolute atomic E-state index is 12.4. The van der Waals surface area contributed by atoms with Crippen LogP contribution in [0.2, 0.25) is 0 Å². The van der Waals surface area contributed by atoms with Gasteiger partial charge in [-0.2, -0.15) is 0 Å². The zero-order valence-corrected chi connectivity index (χ0v) is 14.5. The molecule has 0 bridgehead atoms. The van der Waals surface area contributed by atoms with Crippen molar-refractivity contribution in [2.75, 3.05) is 13.1 Å². The van der Waals surface area contributed by atoms with E-state index in [1.54, 1.807) is 11.0 Å². The number of hydrogen-bond acceptors (Lipinski definition) is 5. The average Bonchev–Trinajstić information content (AvgIpc) is 3.08.